The molecule has 1 aromatic heterocycles. The molecular weight excluding hydrogens is 418 g/mol. The number of amidine groups is 1. The molecule has 164 valence electrons. The monoisotopic (exact) mass is 443 g/mol. The minimum Gasteiger partial charge on any atom is -0.504 e. The average molecular weight is 444 g/mol. The van der Waals surface area contributed by atoms with Crippen molar-refractivity contribution in [3.8, 4) is 11.5 Å². The Morgan fingerprint density at radius 3 is 2.74 bits per heavy atom. The Balaban J connectivity index is 0.00000272. The molecule has 3 aromatic rings. The number of amides is 1. The summed E-state index contributed by atoms with van der Waals surface area (Å²) in [6, 6.07) is 12.8. The van der Waals surface area contributed by atoms with E-state index in [2.05, 4.69) is 0 Å². The molecule has 1 aliphatic heterocycles. The van der Waals surface area contributed by atoms with Crippen LogP contribution >= 0.6 is 12.4 Å². The maximum atomic E-state index is 11.4. The molecular formula is C23H26ClN3O4. The van der Waals surface area contributed by atoms with E-state index < -0.39 is 0 Å². The zero-order valence-corrected chi connectivity index (χ0v) is 18.1. The van der Waals surface area contributed by atoms with Crippen molar-refractivity contribution >= 4 is 35.1 Å². The fraction of sp³-hybridized carbons (Fsp3) is 0.304. The topological polar surface area (TPSA) is 113 Å². The van der Waals surface area contributed by atoms with Gasteiger partial charge in [-0.15, -0.1) is 12.4 Å². The third-order valence-corrected chi connectivity index (χ3v) is 5.45. The number of halogens is 1. The summed E-state index contributed by atoms with van der Waals surface area (Å²) in [5.74, 6) is 1.45. The Morgan fingerprint density at radius 1 is 1.26 bits per heavy atom. The van der Waals surface area contributed by atoms with E-state index in [9.17, 15) is 9.90 Å². The van der Waals surface area contributed by atoms with E-state index >= 15 is 0 Å². The molecule has 2 heterocycles. The van der Waals surface area contributed by atoms with Gasteiger partial charge in [-0.1, -0.05) is 6.07 Å². The van der Waals surface area contributed by atoms with E-state index in [4.69, 9.17) is 20.3 Å². The van der Waals surface area contributed by atoms with Crippen molar-refractivity contribution in [1.29, 1.82) is 5.41 Å². The van der Waals surface area contributed by atoms with Gasteiger partial charge >= 0.3 is 0 Å². The van der Waals surface area contributed by atoms with Crippen LogP contribution in [0.2, 0.25) is 0 Å². The number of furan rings is 1. The lowest BCUT2D eigenvalue weighted by Crippen LogP contribution is -2.28. The van der Waals surface area contributed by atoms with Crippen molar-refractivity contribution in [3.63, 3.8) is 0 Å². The van der Waals surface area contributed by atoms with Crippen molar-refractivity contribution < 1.29 is 19.1 Å². The molecule has 2 aromatic carbocycles. The highest BCUT2D eigenvalue weighted by molar-refractivity contribution is 5.98. The first kappa shape index (κ1) is 22.5. The van der Waals surface area contributed by atoms with Crippen LogP contribution in [-0.4, -0.2) is 40.9 Å². The number of ether oxygens (including phenoxy) is 1. The quantitative estimate of drug-likeness (QED) is 0.397. The Kier molecular flexibility index (Phi) is 6.75. The Labute approximate surface area is 186 Å². The van der Waals surface area contributed by atoms with Crippen LogP contribution in [0.4, 0.5) is 0 Å². The number of fused-ring (bicyclic) bond motifs is 1. The minimum atomic E-state index is -0.0962. The van der Waals surface area contributed by atoms with Crippen LogP contribution in [-0.2, 0) is 17.6 Å². The zero-order chi connectivity index (χ0) is 21.3. The van der Waals surface area contributed by atoms with E-state index in [1.807, 2.05) is 24.3 Å². The lowest BCUT2D eigenvalue weighted by molar-refractivity contribution is -0.128. The number of carbonyl (C=O) groups is 1. The second-order valence-electron chi connectivity index (χ2n) is 7.67. The molecule has 1 aliphatic rings. The molecule has 1 saturated heterocycles. The summed E-state index contributed by atoms with van der Waals surface area (Å²) in [6.07, 6.45) is 2.05. The van der Waals surface area contributed by atoms with Gasteiger partial charge in [-0.3, -0.25) is 10.2 Å². The summed E-state index contributed by atoms with van der Waals surface area (Å²) in [7, 11) is 0. The number of nitrogens with two attached hydrogens (primary N) is 1. The van der Waals surface area contributed by atoms with Gasteiger partial charge in [0.25, 0.3) is 0 Å². The molecule has 0 aliphatic carbocycles. The summed E-state index contributed by atoms with van der Waals surface area (Å²) in [5, 5.41) is 18.8. The van der Waals surface area contributed by atoms with Gasteiger partial charge in [0.05, 0.1) is 6.54 Å². The van der Waals surface area contributed by atoms with Crippen molar-refractivity contribution in [2.75, 3.05) is 13.1 Å². The van der Waals surface area contributed by atoms with Gasteiger partial charge in [0, 0.05) is 37.3 Å². The number of aryl methyl sites for hydroxylation is 2. The van der Waals surface area contributed by atoms with Crippen LogP contribution in [0.25, 0.3) is 11.0 Å². The Bertz CT molecular complexity index is 1110. The second kappa shape index (κ2) is 9.31. The summed E-state index contributed by atoms with van der Waals surface area (Å²) >= 11 is 0. The molecule has 1 fully saturated rings. The molecule has 0 radical (unpaired) electrons. The number of aromatic hydroxyl groups is 1. The molecule has 0 bridgehead atoms. The van der Waals surface area contributed by atoms with Crippen molar-refractivity contribution in [2.24, 2.45) is 5.73 Å². The lowest BCUT2D eigenvalue weighted by Gasteiger charge is -2.16. The van der Waals surface area contributed by atoms with Gasteiger partial charge in [0.2, 0.25) is 5.91 Å². The zero-order valence-electron chi connectivity index (χ0n) is 17.3. The molecule has 1 atom stereocenters. The Hall–Kier alpha value is -3.19. The molecule has 7 nitrogen and oxygen atoms in total. The highest BCUT2D eigenvalue weighted by Crippen LogP contribution is 2.30. The summed E-state index contributed by atoms with van der Waals surface area (Å²) < 4.78 is 11.8. The highest BCUT2D eigenvalue weighted by atomic mass is 35.5. The number of rotatable bonds is 6. The number of benzene rings is 2. The van der Waals surface area contributed by atoms with Gasteiger partial charge in [-0.2, -0.15) is 0 Å². The molecule has 4 rings (SSSR count). The average Bonchev–Trinajstić information content (AvgIpc) is 3.34. The maximum Gasteiger partial charge on any atom is 0.219 e. The van der Waals surface area contributed by atoms with E-state index in [0.29, 0.717) is 37.2 Å². The first-order valence-corrected chi connectivity index (χ1v) is 10.00. The normalized spacial score (nSPS) is 15.6. The summed E-state index contributed by atoms with van der Waals surface area (Å²) in [4.78, 5) is 13.2. The summed E-state index contributed by atoms with van der Waals surface area (Å²) in [5.41, 5.74) is 7.95. The van der Waals surface area contributed by atoms with Gasteiger partial charge in [-0.05, 0) is 48.4 Å². The fourth-order valence-corrected chi connectivity index (χ4v) is 3.76. The number of hydrogen-bond acceptors (Lipinski definition) is 5. The van der Waals surface area contributed by atoms with Crippen LogP contribution in [0.15, 0.2) is 46.9 Å². The van der Waals surface area contributed by atoms with E-state index in [1.165, 1.54) is 0 Å². The number of likely N-dealkylation sites (tertiary alicyclic amines) is 1. The molecule has 0 unspecified atom stereocenters. The first-order valence-electron chi connectivity index (χ1n) is 10.00. The van der Waals surface area contributed by atoms with E-state index in [-0.39, 0.29) is 36.0 Å². The predicted molar refractivity (Wildman–Crippen MR) is 121 cm³/mol. The third-order valence-electron chi connectivity index (χ3n) is 5.45. The number of hydrogen-bond donors (Lipinski definition) is 3. The van der Waals surface area contributed by atoms with Crippen molar-refractivity contribution in [2.45, 2.75) is 32.3 Å². The number of phenols is 1. The van der Waals surface area contributed by atoms with E-state index in [0.717, 1.165) is 28.7 Å². The standard InChI is InChI=1S/C23H25N3O4.ClH/c1-14(27)26-9-8-19(13-26)30-22-6-3-15(10-20(22)28)2-5-18-12-17-11-16(23(24)25)4-7-21(17)29-18;/h3-4,6-7,10-12,19,28H,2,5,8-9,13H2,1H3,(H3,24,25);1H/t19-;/m0./s1. The van der Waals surface area contributed by atoms with Crippen LogP contribution in [0, 0.1) is 5.41 Å². The van der Waals surface area contributed by atoms with Crippen molar-refractivity contribution in [3.05, 3.63) is 59.4 Å². The smallest absolute Gasteiger partial charge is 0.219 e. The second-order valence-corrected chi connectivity index (χ2v) is 7.67. The molecule has 31 heavy (non-hydrogen) atoms. The van der Waals surface area contributed by atoms with Crippen molar-refractivity contribution in [1.82, 2.24) is 4.90 Å². The molecule has 0 spiro atoms. The molecule has 1 amide bonds. The van der Waals surface area contributed by atoms with Gasteiger partial charge in [-0.25, -0.2) is 0 Å². The molecule has 8 heteroatoms. The Morgan fingerprint density at radius 2 is 2.06 bits per heavy atom. The van der Waals surface area contributed by atoms with Crippen LogP contribution in [0.5, 0.6) is 11.5 Å². The largest absolute Gasteiger partial charge is 0.504 e. The molecule has 0 saturated carbocycles. The highest BCUT2D eigenvalue weighted by Gasteiger charge is 2.26. The van der Waals surface area contributed by atoms with Crippen LogP contribution in [0.1, 0.15) is 30.2 Å². The van der Waals surface area contributed by atoms with Crippen LogP contribution in [0.3, 0.4) is 0 Å². The van der Waals surface area contributed by atoms with Gasteiger partial charge in [0.15, 0.2) is 11.5 Å². The number of nitrogens with zero attached hydrogens (tertiary/aromatic N) is 1. The van der Waals surface area contributed by atoms with Crippen LogP contribution < -0.4 is 10.5 Å². The van der Waals surface area contributed by atoms with Gasteiger partial charge in [0.1, 0.15) is 23.3 Å². The third kappa shape index (κ3) is 5.11. The predicted octanol–water partition coefficient (Wildman–Crippen LogP) is 3.63. The fourth-order valence-electron chi connectivity index (χ4n) is 3.76. The summed E-state index contributed by atoms with van der Waals surface area (Å²) in [6.45, 7) is 2.79. The number of nitrogens with one attached hydrogen (secondary N) is 1. The lowest BCUT2D eigenvalue weighted by atomic mass is 10.1. The number of nitrogen functional groups attached to an aromatic ring is 1. The van der Waals surface area contributed by atoms with E-state index in [1.54, 1.807) is 30.0 Å². The molecule has 4 N–H and O–H groups in total. The van der Waals surface area contributed by atoms with Gasteiger partial charge < -0.3 is 24.9 Å². The first-order chi connectivity index (χ1) is 14.4. The SMILES string of the molecule is CC(=O)N1CC[C@H](Oc2ccc(CCc3cc4cc(C(=N)N)ccc4o3)cc2O)C1.Cl. The maximum absolute atomic E-state index is 11.4. The number of carbonyl (C=O) groups excluding carboxylic acids is 1. The minimum absolute atomic E-state index is 0. The number of phenolic OH excluding ortho intramolecular Hbond substituents is 1.